The Morgan fingerprint density at radius 3 is 2.86 bits per heavy atom. The Bertz CT molecular complexity index is 606. The molecule has 2 heterocycles. The van der Waals surface area contributed by atoms with E-state index in [2.05, 4.69) is 25.7 Å². The van der Waals surface area contributed by atoms with Gasteiger partial charge in [-0.1, -0.05) is 0 Å². The van der Waals surface area contributed by atoms with Gasteiger partial charge in [0.2, 0.25) is 0 Å². The standard InChI is InChI=1S/C12H16N6O3/c1-18-6-8(4-16-18)3-14-12(21)17-10(11(19)20)2-9-5-13-7-15-9/h4-7,10H,2-3H2,1H3,(H,13,15)(H,19,20)(H2,14,17,21). The van der Waals surface area contributed by atoms with Gasteiger partial charge in [0.15, 0.2) is 0 Å². The molecule has 0 bridgehead atoms. The van der Waals surface area contributed by atoms with Crippen LogP contribution in [-0.4, -0.2) is 42.9 Å². The van der Waals surface area contributed by atoms with Crippen molar-refractivity contribution in [3.8, 4) is 0 Å². The predicted octanol–water partition coefficient (Wildman–Crippen LogP) is -0.362. The molecule has 2 amide bonds. The highest BCUT2D eigenvalue weighted by Crippen LogP contribution is 1.99. The minimum Gasteiger partial charge on any atom is -0.480 e. The molecule has 0 saturated heterocycles. The first kappa shape index (κ1) is 14.6. The number of aliphatic carboxylic acids is 1. The maximum absolute atomic E-state index is 11.7. The van der Waals surface area contributed by atoms with Crippen molar-refractivity contribution in [3.63, 3.8) is 0 Å². The van der Waals surface area contributed by atoms with Gasteiger partial charge >= 0.3 is 12.0 Å². The lowest BCUT2D eigenvalue weighted by Gasteiger charge is -2.14. The molecule has 21 heavy (non-hydrogen) atoms. The maximum atomic E-state index is 11.7. The average molecular weight is 292 g/mol. The number of carbonyl (C=O) groups is 2. The third-order valence-electron chi connectivity index (χ3n) is 2.79. The quantitative estimate of drug-likeness (QED) is 0.578. The Hall–Kier alpha value is -2.84. The van der Waals surface area contributed by atoms with E-state index < -0.39 is 18.0 Å². The summed E-state index contributed by atoms with van der Waals surface area (Å²) in [6, 6.07) is -1.58. The molecular weight excluding hydrogens is 276 g/mol. The number of aromatic amines is 1. The fraction of sp³-hybridized carbons (Fsp3) is 0.333. The molecule has 2 rings (SSSR count). The monoisotopic (exact) mass is 292 g/mol. The highest BCUT2D eigenvalue weighted by atomic mass is 16.4. The summed E-state index contributed by atoms with van der Waals surface area (Å²) in [6.45, 7) is 0.274. The van der Waals surface area contributed by atoms with Crippen LogP contribution in [-0.2, 0) is 24.8 Å². The molecule has 0 aromatic carbocycles. The minimum atomic E-state index is -1.11. The average Bonchev–Trinajstić information content (AvgIpc) is 3.07. The van der Waals surface area contributed by atoms with E-state index in [1.54, 1.807) is 24.1 Å². The van der Waals surface area contributed by atoms with Gasteiger partial charge in [-0.25, -0.2) is 14.6 Å². The maximum Gasteiger partial charge on any atom is 0.326 e. The molecule has 0 fully saturated rings. The number of nitrogens with one attached hydrogen (secondary N) is 3. The van der Waals surface area contributed by atoms with E-state index in [9.17, 15) is 9.59 Å². The van der Waals surface area contributed by atoms with Crippen LogP contribution >= 0.6 is 0 Å². The van der Waals surface area contributed by atoms with Crippen LogP contribution in [0.5, 0.6) is 0 Å². The van der Waals surface area contributed by atoms with E-state index >= 15 is 0 Å². The highest BCUT2D eigenvalue weighted by molar-refractivity contribution is 5.82. The summed E-state index contributed by atoms with van der Waals surface area (Å²) < 4.78 is 1.62. The minimum absolute atomic E-state index is 0.135. The van der Waals surface area contributed by atoms with Crippen molar-refractivity contribution in [1.29, 1.82) is 0 Å². The normalized spacial score (nSPS) is 11.9. The molecule has 0 spiro atoms. The summed E-state index contributed by atoms with van der Waals surface area (Å²) in [7, 11) is 1.77. The number of rotatable bonds is 6. The molecule has 0 saturated carbocycles. The molecule has 1 unspecified atom stereocenters. The predicted molar refractivity (Wildman–Crippen MR) is 72.3 cm³/mol. The number of imidazole rings is 1. The molecule has 4 N–H and O–H groups in total. The zero-order valence-electron chi connectivity index (χ0n) is 11.4. The van der Waals surface area contributed by atoms with E-state index in [0.717, 1.165) is 5.56 Å². The molecule has 9 nitrogen and oxygen atoms in total. The Morgan fingerprint density at radius 2 is 2.29 bits per heavy atom. The fourth-order valence-corrected chi connectivity index (χ4v) is 1.77. The Labute approximate surface area is 120 Å². The number of aryl methyl sites for hydroxylation is 1. The molecular formula is C12H16N6O3. The van der Waals surface area contributed by atoms with Crippen molar-refractivity contribution in [2.45, 2.75) is 19.0 Å². The van der Waals surface area contributed by atoms with E-state index in [1.807, 2.05) is 0 Å². The Morgan fingerprint density at radius 1 is 1.48 bits per heavy atom. The lowest BCUT2D eigenvalue weighted by molar-refractivity contribution is -0.139. The molecule has 2 aromatic rings. The first-order valence-corrected chi connectivity index (χ1v) is 6.26. The van der Waals surface area contributed by atoms with Gasteiger partial charge < -0.3 is 20.7 Å². The smallest absolute Gasteiger partial charge is 0.326 e. The van der Waals surface area contributed by atoms with Crippen LogP contribution < -0.4 is 10.6 Å². The molecule has 0 aliphatic heterocycles. The topological polar surface area (TPSA) is 125 Å². The zero-order chi connectivity index (χ0) is 15.2. The van der Waals surface area contributed by atoms with Crippen molar-refractivity contribution >= 4 is 12.0 Å². The van der Waals surface area contributed by atoms with Crippen LogP contribution in [0.2, 0.25) is 0 Å². The lowest BCUT2D eigenvalue weighted by atomic mass is 10.2. The van der Waals surface area contributed by atoms with Crippen molar-refractivity contribution in [2.75, 3.05) is 0 Å². The van der Waals surface area contributed by atoms with Crippen LogP contribution in [0.25, 0.3) is 0 Å². The van der Waals surface area contributed by atoms with Gasteiger partial charge in [0.05, 0.1) is 12.5 Å². The fourth-order valence-electron chi connectivity index (χ4n) is 1.77. The highest BCUT2D eigenvalue weighted by Gasteiger charge is 2.20. The molecule has 0 aliphatic rings. The van der Waals surface area contributed by atoms with Crippen LogP contribution in [0, 0.1) is 0 Å². The Kier molecular flexibility index (Phi) is 4.54. The molecule has 0 radical (unpaired) electrons. The number of H-pyrrole nitrogens is 1. The largest absolute Gasteiger partial charge is 0.480 e. The number of amides is 2. The molecule has 1 atom stereocenters. The number of carbonyl (C=O) groups excluding carboxylic acids is 1. The van der Waals surface area contributed by atoms with E-state index in [1.165, 1.54) is 12.5 Å². The van der Waals surface area contributed by atoms with Crippen LogP contribution in [0.3, 0.4) is 0 Å². The van der Waals surface area contributed by atoms with Gasteiger partial charge in [-0.3, -0.25) is 4.68 Å². The number of nitrogens with zero attached hydrogens (tertiary/aromatic N) is 3. The van der Waals surface area contributed by atoms with Gasteiger partial charge in [-0.15, -0.1) is 0 Å². The van der Waals surface area contributed by atoms with Crippen LogP contribution in [0.4, 0.5) is 4.79 Å². The lowest BCUT2D eigenvalue weighted by Crippen LogP contribution is -2.46. The van der Waals surface area contributed by atoms with E-state index in [4.69, 9.17) is 5.11 Å². The number of aromatic nitrogens is 4. The summed E-state index contributed by atoms with van der Waals surface area (Å²) in [6.07, 6.45) is 6.50. The SMILES string of the molecule is Cn1cc(CNC(=O)NC(Cc2cnc[nH]2)C(=O)O)cn1. The second-order valence-electron chi connectivity index (χ2n) is 4.52. The number of hydrogen-bond donors (Lipinski definition) is 4. The number of carboxylic acids is 1. The number of urea groups is 1. The molecule has 112 valence electrons. The Balaban J connectivity index is 1.84. The van der Waals surface area contributed by atoms with E-state index in [-0.39, 0.29) is 13.0 Å². The van der Waals surface area contributed by atoms with Gasteiger partial charge in [-0.05, 0) is 0 Å². The van der Waals surface area contributed by atoms with Crippen molar-refractivity contribution in [2.24, 2.45) is 7.05 Å². The van der Waals surface area contributed by atoms with Crippen LogP contribution in [0.1, 0.15) is 11.3 Å². The third-order valence-corrected chi connectivity index (χ3v) is 2.79. The summed E-state index contributed by atoms with van der Waals surface area (Å²) in [5.74, 6) is -1.11. The van der Waals surface area contributed by atoms with Crippen molar-refractivity contribution in [1.82, 2.24) is 30.4 Å². The van der Waals surface area contributed by atoms with E-state index in [0.29, 0.717) is 5.69 Å². The number of hydrogen-bond acceptors (Lipinski definition) is 4. The first-order valence-electron chi connectivity index (χ1n) is 6.26. The van der Waals surface area contributed by atoms with Crippen molar-refractivity contribution in [3.05, 3.63) is 36.2 Å². The zero-order valence-corrected chi connectivity index (χ0v) is 11.4. The summed E-state index contributed by atoms with van der Waals surface area (Å²) >= 11 is 0. The summed E-state index contributed by atoms with van der Waals surface area (Å²) in [4.78, 5) is 29.5. The third kappa shape index (κ3) is 4.34. The second-order valence-corrected chi connectivity index (χ2v) is 4.52. The summed E-state index contributed by atoms with van der Waals surface area (Å²) in [5, 5.41) is 18.1. The van der Waals surface area contributed by atoms with Gasteiger partial charge in [0.1, 0.15) is 6.04 Å². The van der Waals surface area contributed by atoms with Crippen LogP contribution in [0.15, 0.2) is 24.9 Å². The van der Waals surface area contributed by atoms with Gasteiger partial charge in [0, 0.05) is 43.7 Å². The summed E-state index contributed by atoms with van der Waals surface area (Å²) in [5.41, 5.74) is 1.46. The van der Waals surface area contributed by atoms with Gasteiger partial charge in [-0.2, -0.15) is 5.10 Å². The van der Waals surface area contributed by atoms with Crippen molar-refractivity contribution < 1.29 is 14.7 Å². The molecule has 2 aromatic heterocycles. The first-order chi connectivity index (χ1) is 10.0. The van der Waals surface area contributed by atoms with Gasteiger partial charge in [0.25, 0.3) is 0 Å². The molecule has 0 aliphatic carbocycles. The molecule has 9 heteroatoms. The second kappa shape index (κ2) is 6.55. The number of carboxylic acid groups (broad SMARTS) is 1.